The van der Waals surface area contributed by atoms with Gasteiger partial charge in [0.25, 0.3) is 0 Å². The molecule has 0 fully saturated rings. The van der Waals surface area contributed by atoms with E-state index in [9.17, 15) is 13.2 Å². The second-order valence-electron chi connectivity index (χ2n) is 4.67. The molecule has 6 nitrogen and oxygen atoms in total. The Morgan fingerprint density at radius 2 is 1.67 bits per heavy atom. The standard InChI is InChI=1S/C14H12F3N3O3S/c1-21-9-4-7(5-10(22-2)11(9)23-3)8-6-20-13(18-8)24-12(19-20)14(15,16)17/h4-6H,1-3H3. The first-order chi connectivity index (χ1) is 11.4. The third-order valence-electron chi connectivity index (χ3n) is 3.25. The Bertz CT molecular complexity index is 832. The normalized spacial score (nSPS) is 11.8. The van der Waals surface area contributed by atoms with Crippen LogP contribution in [0.25, 0.3) is 16.2 Å². The molecule has 24 heavy (non-hydrogen) atoms. The minimum atomic E-state index is -4.49. The fourth-order valence-electron chi connectivity index (χ4n) is 2.18. The highest BCUT2D eigenvalue weighted by atomic mass is 32.1. The molecule has 0 saturated heterocycles. The van der Waals surface area contributed by atoms with E-state index in [0.29, 0.717) is 39.8 Å². The van der Waals surface area contributed by atoms with E-state index in [1.807, 2.05) is 0 Å². The Kier molecular flexibility index (Phi) is 3.99. The largest absolute Gasteiger partial charge is 0.493 e. The highest BCUT2D eigenvalue weighted by Gasteiger charge is 2.36. The van der Waals surface area contributed by atoms with Crippen molar-refractivity contribution in [2.45, 2.75) is 6.18 Å². The molecule has 3 rings (SSSR count). The number of nitrogens with zero attached hydrogens (tertiary/aromatic N) is 3. The monoisotopic (exact) mass is 359 g/mol. The topological polar surface area (TPSA) is 57.9 Å². The predicted octanol–water partition coefficient (Wildman–Crippen LogP) is 3.50. The van der Waals surface area contributed by atoms with Gasteiger partial charge in [0.1, 0.15) is 0 Å². The molecule has 2 heterocycles. The van der Waals surface area contributed by atoms with E-state index in [0.717, 1.165) is 4.52 Å². The lowest BCUT2D eigenvalue weighted by molar-refractivity contribution is -0.138. The maximum Gasteiger partial charge on any atom is 0.445 e. The van der Waals surface area contributed by atoms with Crippen LogP contribution in [-0.2, 0) is 6.18 Å². The van der Waals surface area contributed by atoms with Crippen LogP contribution in [0.4, 0.5) is 13.2 Å². The van der Waals surface area contributed by atoms with E-state index in [1.165, 1.54) is 27.5 Å². The van der Waals surface area contributed by atoms with Crippen molar-refractivity contribution in [3.8, 4) is 28.5 Å². The molecule has 0 aliphatic heterocycles. The molecule has 0 atom stereocenters. The molecule has 0 N–H and O–H groups in total. The van der Waals surface area contributed by atoms with Gasteiger partial charge in [-0.15, -0.1) is 5.10 Å². The summed E-state index contributed by atoms with van der Waals surface area (Å²) >= 11 is 0.476. The van der Waals surface area contributed by atoms with Crippen molar-refractivity contribution in [3.05, 3.63) is 23.3 Å². The number of fused-ring (bicyclic) bond motifs is 1. The van der Waals surface area contributed by atoms with E-state index in [2.05, 4.69) is 10.1 Å². The Labute approximate surface area is 138 Å². The number of hydrogen-bond acceptors (Lipinski definition) is 6. The number of halogens is 3. The van der Waals surface area contributed by atoms with Gasteiger partial charge in [0.2, 0.25) is 15.7 Å². The summed E-state index contributed by atoms with van der Waals surface area (Å²) in [6.07, 6.45) is -3.07. The van der Waals surface area contributed by atoms with E-state index >= 15 is 0 Å². The molecule has 2 aromatic heterocycles. The number of imidazole rings is 1. The van der Waals surface area contributed by atoms with E-state index in [4.69, 9.17) is 14.2 Å². The molecule has 0 unspecified atom stereocenters. The second-order valence-corrected chi connectivity index (χ2v) is 5.63. The summed E-state index contributed by atoms with van der Waals surface area (Å²) in [6, 6.07) is 3.33. The Morgan fingerprint density at radius 3 is 2.12 bits per heavy atom. The van der Waals surface area contributed by atoms with Crippen molar-refractivity contribution in [1.29, 1.82) is 0 Å². The van der Waals surface area contributed by atoms with Crippen LogP contribution >= 0.6 is 11.3 Å². The molecule has 0 spiro atoms. The lowest BCUT2D eigenvalue weighted by Gasteiger charge is -2.13. The van der Waals surface area contributed by atoms with Gasteiger partial charge < -0.3 is 14.2 Å². The van der Waals surface area contributed by atoms with E-state index < -0.39 is 11.2 Å². The maximum absolute atomic E-state index is 12.7. The number of alkyl halides is 3. The van der Waals surface area contributed by atoms with E-state index in [1.54, 1.807) is 12.1 Å². The van der Waals surface area contributed by atoms with Crippen LogP contribution in [0.5, 0.6) is 17.2 Å². The lowest BCUT2D eigenvalue weighted by atomic mass is 10.1. The molecule has 128 valence electrons. The van der Waals surface area contributed by atoms with Crippen molar-refractivity contribution in [2.75, 3.05) is 21.3 Å². The highest BCUT2D eigenvalue weighted by molar-refractivity contribution is 7.16. The number of methoxy groups -OCH3 is 3. The van der Waals surface area contributed by atoms with Crippen molar-refractivity contribution < 1.29 is 27.4 Å². The molecule has 3 aromatic rings. The summed E-state index contributed by atoms with van der Waals surface area (Å²) in [6.45, 7) is 0. The van der Waals surface area contributed by atoms with Crippen molar-refractivity contribution in [3.63, 3.8) is 0 Å². The Morgan fingerprint density at radius 1 is 1.04 bits per heavy atom. The predicted molar refractivity (Wildman–Crippen MR) is 81.0 cm³/mol. The van der Waals surface area contributed by atoms with Crippen molar-refractivity contribution >= 4 is 16.3 Å². The zero-order chi connectivity index (χ0) is 17.5. The number of aromatic nitrogens is 3. The minimum Gasteiger partial charge on any atom is -0.493 e. The first kappa shape index (κ1) is 16.4. The molecule has 0 aliphatic rings. The van der Waals surface area contributed by atoms with Crippen molar-refractivity contribution in [1.82, 2.24) is 14.6 Å². The molecule has 0 bridgehead atoms. The molecule has 10 heteroatoms. The van der Waals surface area contributed by atoms with Crippen LogP contribution in [-0.4, -0.2) is 35.9 Å². The lowest BCUT2D eigenvalue weighted by Crippen LogP contribution is -2.04. The second kappa shape index (κ2) is 5.86. The molecular weight excluding hydrogens is 347 g/mol. The van der Waals surface area contributed by atoms with Crippen LogP contribution in [0, 0.1) is 0 Å². The van der Waals surface area contributed by atoms with Gasteiger partial charge >= 0.3 is 6.18 Å². The summed E-state index contributed by atoms with van der Waals surface area (Å²) in [5, 5.41) is 2.57. The fraction of sp³-hybridized carbons (Fsp3) is 0.286. The number of hydrogen-bond donors (Lipinski definition) is 0. The van der Waals surface area contributed by atoms with Crippen LogP contribution < -0.4 is 14.2 Å². The van der Waals surface area contributed by atoms with Gasteiger partial charge in [0.15, 0.2) is 11.5 Å². The van der Waals surface area contributed by atoms with Gasteiger partial charge in [-0.05, 0) is 12.1 Å². The zero-order valence-electron chi connectivity index (χ0n) is 12.8. The third-order valence-corrected chi connectivity index (χ3v) is 4.21. The van der Waals surface area contributed by atoms with Gasteiger partial charge in [-0.25, -0.2) is 9.50 Å². The summed E-state index contributed by atoms with van der Waals surface area (Å²) in [5.74, 6) is 1.27. The van der Waals surface area contributed by atoms with Gasteiger partial charge in [0.05, 0.1) is 33.2 Å². The van der Waals surface area contributed by atoms with Gasteiger partial charge in [-0.1, -0.05) is 11.3 Å². The first-order valence-electron chi connectivity index (χ1n) is 6.61. The zero-order valence-corrected chi connectivity index (χ0v) is 13.7. The summed E-state index contributed by atoms with van der Waals surface area (Å²) in [4.78, 5) is 4.34. The molecule has 0 radical (unpaired) electrons. The molecule has 1 aromatic carbocycles. The van der Waals surface area contributed by atoms with Gasteiger partial charge in [0, 0.05) is 5.56 Å². The van der Waals surface area contributed by atoms with Crippen molar-refractivity contribution in [2.24, 2.45) is 0 Å². The summed E-state index contributed by atoms with van der Waals surface area (Å²) in [7, 11) is 4.43. The molecular formula is C14H12F3N3O3S. The third kappa shape index (κ3) is 2.73. The summed E-state index contributed by atoms with van der Waals surface area (Å²) in [5.41, 5.74) is 1.05. The average Bonchev–Trinajstić information content (AvgIpc) is 3.11. The summed E-state index contributed by atoms with van der Waals surface area (Å²) < 4.78 is 54.9. The molecule has 0 saturated carbocycles. The first-order valence-corrected chi connectivity index (χ1v) is 7.42. The molecule has 0 aliphatic carbocycles. The SMILES string of the molecule is COc1cc(-c2cn3nc(C(F)(F)F)sc3n2)cc(OC)c1OC. The quantitative estimate of drug-likeness (QED) is 0.714. The fourth-order valence-corrected chi connectivity index (χ4v) is 2.93. The number of rotatable bonds is 4. The average molecular weight is 359 g/mol. The highest BCUT2D eigenvalue weighted by Crippen LogP contribution is 2.41. The number of benzene rings is 1. The maximum atomic E-state index is 12.7. The Hall–Kier alpha value is -2.49. The van der Waals surface area contributed by atoms with E-state index in [-0.39, 0.29) is 4.96 Å². The van der Waals surface area contributed by atoms with Crippen LogP contribution in [0.2, 0.25) is 0 Å². The molecule has 0 amide bonds. The van der Waals surface area contributed by atoms with Gasteiger partial charge in [-0.2, -0.15) is 13.2 Å². The van der Waals surface area contributed by atoms with Gasteiger partial charge in [-0.3, -0.25) is 0 Å². The Balaban J connectivity index is 2.08. The number of ether oxygens (including phenoxy) is 3. The smallest absolute Gasteiger partial charge is 0.445 e. The van der Waals surface area contributed by atoms with Crippen LogP contribution in [0.15, 0.2) is 18.3 Å². The van der Waals surface area contributed by atoms with Crippen LogP contribution in [0.3, 0.4) is 0 Å². The minimum absolute atomic E-state index is 0.145. The van der Waals surface area contributed by atoms with Crippen LogP contribution in [0.1, 0.15) is 5.01 Å².